The Morgan fingerprint density at radius 2 is 2.06 bits per heavy atom. The Labute approximate surface area is 104 Å². The molecular formula is C12H15NO3S. The van der Waals surface area contributed by atoms with Gasteiger partial charge in [0.2, 0.25) is 0 Å². The number of aliphatic carboxylic acids is 1. The molecule has 1 amide bonds. The molecule has 0 radical (unpaired) electrons. The number of carbonyl (C=O) groups excluding carboxylic acids is 1. The summed E-state index contributed by atoms with van der Waals surface area (Å²) in [5, 5.41) is 13.1. The number of carboxylic acid groups (broad SMARTS) is 1. The molecule has 5 heteroatoms. The van der Waals surface area contributed by atoms with Crippen LogP contribution in [0.3, 0.4) is 0 Å². The highest BCUT2D eigenvalue weighted by Crippen LogP contribution is 2.19. The van der Waals surface area contributed by atoms with Gasteiger partial charge in [0.05, 0.1) is 4.88 Å². The quantitative estimate of drug-likeness (QED) is 0.813. The molecule has 0 spiro atoms. The molecule has 1 aromatic rings. The number of rotatable bonds is 3. The van der Waals surface area contributed by atoms with Crippen LogP contribution in [-0.2, 0) is 4.79 Å². The third-order valence-electron chi connectivity index (χ3n) is 1.80. The van der Waals surface area contributed by atoms with Gasteiger partial charge in [0.25, 0.3) is 5.91 Å². The Bertz CT molecular complexity index is 455. The standard InChI is InChI=1S/C12H15NO3S/c1-12(2,3)13-11(16)10-8(6-7-17-10)4-5-9(14)15/h4-7H,1-3H3,(H,13,16)(H,14,15). The molecule has 0 fully saturated rings. The minimum atomic E-state index is -1.03. The summed E-state index contributed by atoms with van der Waals surface area (Å²) >= 11 is 1.29. The Morgan fingerprint density at radius 3 is 2.59 bits per heavy atom. The van der Waals surface area contributed by atoms with Crippen molar-refractivity contribution in [3.05, 3.63) is 28.0 Å². The second kappa shape index (κ2) is 5.14. The highest BCUT2D eigenvalue weighted by molar-refractivity contribution is 7.12. The predicted octanol–water partition coefficient (Wildman–Crippen LogP) is 2.37. The second-order valence-corrected chi connectivity index (χ2v) is 5.50. The zero-order valence-electron chi connectivity index (χ0n) is 9.98. The molecule has 0 saturated carbocycles. The molecule has 4 nitrogen and oxygen atoms in total. The van der Waals surface area contributed by atoms with Crippen LogP contribution in [0, 0.1) is 0 Å². The van der Waals surface area contributed by atoms with Crippen molar-refractivity contribution in [1.82, 2.24) is 5.32 Å². The summed E-state index contributed by atoms with van der Waals surface area (Å²) in [4.78, 5) is 22.9. The summed E-state index contributed by atoms with van der Waals surface area (Å²) < 4.78 is 0. The molecule has 0 aromatic carbocycles. The van der Waals surface area contributed by atoms with E-state index in [9.17, 15) is 9.59 Å². The molecule has 17 heavy (non-hydrogen) atoms. The Kier molecular flexibility index (Phi) is 4.07. The van der Waals surface area contributed by atoms with E-state index in [0.29, 0.717) is 10.4 Å². The summed E-state index contributed by atoms with van der Waals surface area (Å²) in [6, 6.07) is 1.72. The molecule has 1 heterocycles. The number of carboxylic acids is 1. The maximum absolute atomic E-state index is 11.9. The molecule has 0 bridgehead atoms. The Hall–Kier alpha value is -1.62. The van der Waals surface area contributed by atoms with Crippen molar-refractivity contribution < 1.29 is 14.7 Å². The van der Waals surface area contributed by atoms with Gasteiger partial charge in [-0.05, 0) is 43.9 Å². The van der Waals surface area contributed by atoms with Gasteiger partial charge in [-0.1, -0.05) is 0 Å². The first-order chi connectivity index (χ1) is 7.79. The van der Waals surface area contributed by atoms with Crippen LogP contribution in [0.2, 0.25) is 0 Å². The average molecular weight is 253 g/mol. The van der Waals surface area contributed by atoms with Crippen molar-refractivity contribution in [2.45, 2.75) is 26.3 Å². The van der Waals surface area contributed by atoms with Gasteiger partial charge in [-0.25, -0.2) is 4.79 Å². The van der Waals surface area contributed by atoms with Crippen LogP contribution in [0.15, 0.2) is 17.5 Å². The maximum atomic E-state index is 11.9. The second-order valence-electron chi connectivity index (χ2n) is 4.58. The fraction of sp³-hybridized carbons (Fsp3) is 0.333. The van der Waals surface area contributed by atoms with Gasteiger partial charge >= 0.3 is 5.97 Å². The maximum Gasteiger partial charge on any atom is 0.328 e. The number of hydrogen-bond acceptors (Lipinski definition) is 3. The number of thiophene rings is 1. The van der Waals surface area contributed by atoms with Crippen LogP contribution < -0.4 is 5.32 Å². The number of nitrogens with one attached hydrogen (secondary N) is 1. The molecular weight excluding hydrogens is 238 g/mol. The molecule has 92 valence electrons. The third kappa shape index (κ3) is 4.40. The third-order valence-corrected chi connectivity index (χ3v) is 2.72. The molecule has 2 N–H and O–H groups in total. The van der Waals surface area contributed by atoms with Gasteiger partial charge in [-0.15, -0.1) is 11.3 Å². The molecule has 0 atom stereocenters. The fourth-order valence-corrected chi connectivity index (χ4v) is 1.97. The number of carbonyl (C=O) groups is 2. The zero-order chi connectivity index (χ0) is 13.1. The van der Waals surface area contributed by atoms with E-state index >= 15 is 0 Å². The van der Waals surface area contributed by atoms with Crippen molar-refractivity contribution in [2.75, 3.05) is 0 Å². The van der Waals surface area contributed by atoms with Gasteiger partial charge in [0.15, 0.2) is 0 Å². The van der Waals surface area contributed by atoms with Gasteiger partial charge in [0, 0.05) is 11.6 Å². The summed E-state index contributed by atoms with van der Waals surface area (Å²) in [6.45, 7) is 5.68. The van der Waals surface area contributed by atoms with Gasteiger partial charge < -0.3 is 10.4 Å². The lowest BCUT2D eigenvalue weighted by molar-refractivity contribution is -0.131. The van der Waals surface area contributed by atoms with Crippen LogP contribution in [0.1, 0.15) is 36.0 Å². The van der Waals surface area contributed by atoms with Gasteiger partial charge in [-0.2, -0.15) is 0 Å². The summed E-state index contributed by atoms with van der Waals surface area (Å²) in [5.41, 5.74) is 0.314. The highest BCUT2D eigenvalue weighted by atomic mass is 32.1. The van der Waals surface area contributed by atoms with Crippen molar-refractivity contribution in [1.29, 1.82) is 0 Å². The zero-order valence-corrected chi connectivity index (χ0v) is 10.8. The Morgan fingerprint density at radius 1 is 1.41 bits per heavy atom. The van der Waals surface area contributed by atoms with E-state index in [1.54, 1.807) is 11.4 Å². The van der Waals surface area contributed by atoms with Gasteiger partial charge in [-0.3, -0.25) is 4.79 Å². The van der Waals surface area contributed by atoms with Crippen LogP contribution in [-0.4, -0.2) is 22.5 Å². The van der Waals surface area contributed by atoms with Crippen LogP contribution in [0.4, 0.5) is 0 Å². The first-order valence-electron chi connectivity index (χ1n) is 5.10. The normalized spacial score (nSPS) is 11.7. The lowest BCUT2D eigenvalue weighted by atomic mass is 10.1. The smallest absolute Gasteiger partial charge is 0.328 e. The van der Waals surface area contributed by atoms with Crippen molar-refractivity contribution in [2.24, 2.45) is 0 Å². The number of amides is 1. The first-order valence-corrected chi connectivity index (χ1v) is 5.98. The van der Waals surface area contributed by atoms with Crippen LogP contribution >= 0.6 is 11.3 Å². The molecule has 0 saturated heterocycles. The summed E-state index contributed by atoms with van der Waals surface area (Å²) in [7, 11) is 0. The minimum Gasteiger partial charge on any atom is -0.478 e. The lowest BCUT2D eigenvalue weighted by Crippen LogP contribution is -2.40. The molecule has 1 aromatic heterocycles. The van der Waals surface area contributed by atoms with Crippen LogP contribution in [0.5, 0.6) is 0 Å². The van der Waals surface area contributed by atoms with Crippen molar-refractivity contribution in [3.8, 4) is 0 Å². The summed E-state index contributed by atoms with van der Waals surface area (Å²) in [6.07, 6.45) is 2.45. The molecule has 0 aliphatic rings. The highest BCUT2D eigenvalue weighted by Gasteiger charge is 2.18. The lowest BCUT2D eigenvalue weighted by Gasteiger charge is -2.20. The van der Waals surface area contributed by atoms with E-state index in [-0.39, 0.29) is 11.4 Å². The van der Waals surface area contributed by atoms with E-state index < -0.39 is 5.97 Å². The largest absolute Gasteiger partial charge is 0.478 e. The van der Waals surface area contributed by atoms with E-state index in [4.69, 9.17) is 5.11 Å². The average Bonchev–Trinajstić information content (AvgIpc) is 2.59. The van der Waals surface area contributed by atoms with E-state index in [1.165, 1.54) is 17.4 Å². The number of hydrogen-bond donors (Lipinski definition) is 2. The molecule has 0 unspecified atom stereocenters. The van der Waals surface area contributed by atoms with E-state index in [0.717, 1.165) is 6.08 Å². The molecule has 0 aliphatic heterocycles. The van der Waals surface area contributed by atoms with Crippen molar-refractivity contribution >= 4 is 29.3 Å². The first kappa shape index (κ1) is 13.4. The van der Waals surface area contributed by atoms with E-state index in [1.807, 2.05) is 20.8 Å². The van der Waals surface area contributed by atoms with Gasteiger partial charge in [0.1, 0.15) is 0 Å². The molecule has 1 rings (SSSR count). The van der Waals surface area contributed by atoms with Crippen LogP contribution in [0.25, 0.3) is 6.08 Å². The topological polar surface area (TPSA) is 66.4 Å². The minimum absolute atomic E-state index is 0.183. The summed E-state index contributed by atoms with van der Waals surface area (Å²) in [5.74, 6) is -1.21. The molecule has 0 aliphatic carbocycles. The fourth-order valence-electron chi connectivity index (χ4n) is 1.19. The Balaban J connectivity index is 2.89. The monoisotopic (exact) mass is 253 g/mol. The SMILES string of the molecule is CC(C)(C)NC(=O)c1sccc1C=CC(=O)O. The van der Waals surface area contributed by atoms with Crippen molar-refractivity contribution in [3.63, 3.8) is 0 Å². The van der Waals surface area contributed by atoms with E-state index in [2.05, 4.69) is 5.32 Å². The predicted molar refractivity (Wildman–Crippen MR) is 68.2 cm³/mol.